The smallest absolute Gasteiger partial charge is 0.371 e. The summed E-state index contributed by atoms with van der Waals surface area (Å²) < 4.78 is 31.3. The van der Waals surface area contributed by atoms with E-state index in [9.17, 15) is 13.2 Å². The molecule has 2 N–H and O–H groups in total. The third-order valence-electron chi connectivity index (χ3n) is 3.45. The molecular weight excluding hydrogens is 300 g/mol. The predicted octanol–water partition coefficient (Wildman–Crippen LogP) is -0.415. The van der Waals surface area contributed by atoms with Crippen LogP contribution >= 0.6 is 0 Å². The maximum absolute atomic E-state index is 12.5. The molecule has 0 saturated carbocycles. The van der Waals surface area contributed by atoms with Crippen molar-refractivity contribution in [2.24, 2.45) is 0 Å². The molecule has 0 aromatic carbocycles. The minimum Gasteiger partial charge on any atom is -0.475 e. The van der Waals surface area contributed by atoms with Gasteiger partial charge in [-0.05, 0) is 6.92 Å². The summed E-state index contributed by atoms with van der Waals surface area (Å²) in [5.74, 6) is -1.61. The van der Waals surface area contributed by atoms with E-state index in [0.29, 0.717) is 32.7 Å². The highest BCUT2D eigenvalue weighted by atomic mass is 32.2. The largest absolute Gasteiger partial charge is 0.475 e. The fourth-order valence-electron chi connectivity index (χ4n) is 2.30. The van der Waals surface area contributed by atoms with Crippen molar-refractivity contribution in [2.75, 3.05) is 39.3 Å². The highest BCUT2D eigenvalue weighted by Crippen LogP contribution is 2.24. The Bertz CT molecular complexity index is 616. The first-order valence-corrected chi connectivity index (χ1v) is 7.97. The van der Waals surface area contributed by atoms with E-state index in [4.69, 9.17) is 14.6 Å². The Morgan fingerprint density at radius 1 is 1.33 bits per heavy atom. The summed E-state index contributed by atoms with van der Waals surface area (Å²) in [6, 6.07) is 1.05. The Kier molecular flexibility index (Phi) is 4.67. The third-order valence-corrected chi connectivity index (χ3v) is 5.45. The van der Waals surface area contributed by atoms with Gasteiger partial charge in [0.1, 0.15) is 10.7 Å². The zero-order valence-electron chi connectivity index (χ0n) is 11.7. The molecule has 0 radical (unpaired) electrons. The van der Waals surface area contributed by atoms with Crippen LogP contribution in [0.5, 0.6) is 0 Å². The first kappa shape index (κ1) is 16.0. The lowest BCUT2D eigenvalue weighted by molar-refractivity contribution is 0.0661. The van der Waals surface area contributed by atoms with Crippen molar-refractivity contribution in [2.45, 2.75) is 11.8 Å². The molecule has 0 amide bonds. The van der Waals surface area contributed by atoms with Gasteiger partial charge in [0.05, 0.1) is 6.61 Å². The molecule has 1 aliphatic rings. The van der Waals surface area contributed by atoms with E-state index in [-0.39, 0.29) is 23.0 Å². The zero-order chi connectivity index (χ0) is 15.6. The fraction of sp³-hybridized carbons (Fsp3) is 0.583. The lowest BCUT2D eigenvalue weighted by atomic mass is 10.4. The number of carbonyl (C=O) groups is 1. The number of piperazine rings is 1. The molecule has 21 heavy (non-hydrogen) atoms. The van der Waals surface area contributed by atoms with Crippen LogP contribution in [-0.4, -0.2) is 73.1 Å². The average molecular weight is 318 g/mol. The number of carboxylic acids is 1. The number of furan rings is 1. The van der Waals surface area contributed by atoms with Crippen molar-refractivity contribution in [3.8, 4) is 0 Å². The molecule has 8 nitrogen and oxygen atoms in total. The van der Waals surface area contributed by atoms with Gasteiger partial charge in [-0.25, -0.2) is 13.2 Å². The van der Waals surface area contributed by atoms with Gasteiger partial charge in [-0.15, -0.1) is 0 Å². The second-order valence-electron chi connectivity index (χ2n) is 4.81. The van der Waals surface area contributed by atoms with Crippen molar-refractivity contribution < 1.29 is 27.8 Å². The number of β-amino-alcohol motifs (C(OH)–C–C–N with tert-alkyl or cyclic N) is 1. The lowest BCUT2D eigenvalue weighted by Crippen LogP contribution is -2.49. The topological polar surface area (TPSA) is 111 Å². The molecule has 1 saturated heterocycles. The Balaban J connectivity index is 2.18. The summed E-state index contributed by atoms with van der Waals surface area (Å²) in [5.41, 5.74) is 0. The average Bonchev–Trinajstić information content (AvgIpc) is 2.83. The van der Waals surface area contributed by atoms with Gasteiger partial charge in [-0.3, -0.25) is 4.90 Å². The summed E-state index contributed by atoms with van der Waals surface area (Å²) in [6.07, 6.45) is 0. The van der Waals surface area contributed by atoms with Crippen LogP contribution in [0, 0.1) is 6.92 Å². The number of carboxylic acid groups (broad SMARTS) is 1. The van der Waals surface area contributed by atoms with Crippen LogP contribution in [0.1, 0.15) is 16.3 Å². The van der Waals surface area contributed by atoms with Crippen molar-refractivity contribution in [1.29, 1.82) is 0 Å². The highest BCUT2D eigenvalue weighted by Gasteiger charge is 2.32. The molecule has 2 rings (SSSR count). The van der Waals surface area contributed by atoms with Crippen LogP contribution in [0.15, 0.2) is 15.4 Å². The first-order valence-electron chi connectivity index (χ1n) is 6.53. The molecule has 1 fully saturated rings. The molecule has 118 valence electrons. The van der Waals surface area contributed by atoms with Gasteiger partial charge in [-0.1, -0.05) is 0 Å². The molecule has 1 aliphatic heterocycles. The van der Waals surface area contributed by atoms with E-state index in [1.54, 1.807) is 0 Å². The fourth-order valence-corrected chi connectivity index (χ4v) is 3.88. The van der Waals surface area contributed by atoms with Gasteiger partial charge in [0.2, 0.25) is 15.8 Å². The standard InChI is InChI=1S/C12H18N2O6S/c1-9-11(8-10(20-9)12(16)17)21(18,19)14-4-2-13(3-5-14)6-7-15/h8,15H,2-7H2,1H3,(H,16,17). The van der Waals surface area contributed by atoms with E-state index in [1.807, 2.05) is 4.90 Å². The zero-order valence-corrected chi connectivity index (χ0v) is 12.5. The Hall–Kier alpha value is -1.42. The minimum absolute atomic E-state index is 0.0373. The van der Waals surface area contributed by atoms with Crippen LogP contribution < -0.4 is 0 Å². The van der Waals surface area contributed by atoms with E-state index in [1.165, 1.54) is 11.2 Å². The summed E-state index contributed by atoms with van der Waals surface area (Å²) in [6.45, 7) is 3.65. The SMILES string of the molecule is Cc1oc(C(=O)O)cc1S(=O)(=O)N1CCN(CCO)CC1. The number of hydrogen-bond donors (Lipinski definition) is 2. The quantitative estimate of drug-likeness (QED) is 0.758. The predicted molar refractivity (Wildman–Crippen MR) is 72.7 cm³/mol. The summed E-state index contributed by atoms with van der Waals surface area (Å²) in [5, 5.41) is 17.7. The van der Waals surface area contributed by atoms with Crippen LogP contribution in [0.2, 0.25) is 0 Å². The van der Waals surface area contributed by atoms with Gasteiger partial charge >= 0.3 is 5.97 Å². The molecule has 0 unspecified atom stereocenters. The van der Waals surface area contributed by atoms with Gasteiger partial charge in [0.25, 0.3) is 0 Å². The maximum atomic E-state index is 12.5. The number of hydrogen-bond acceptors (Lipinski definition) is 6. The van der Waals surface area contributed by atoms with Crippen LogP contribution in [0.25, 0.3) is 0 Å². The van der Waals surface area contributed by atoms with Crippen molar-refractivity contribution in [1.82, 2.24) is 9.21 Å². The summed E-state index contributed by atoms with van der Waals surface area (Å²) >= 11 is 0. The van der Waals surface area contributed by atoms with Crippen LogP contribution in [-0.2, 0) is 10.0 Å². The molecule has 0 aliphatic carbocycles. The molecule has 1 aromatic rings. The lowest BCUT2D eigenvalue weighted by Gasteiger charge is -2.33. The van der Waals surface area contributed by atoms with Gasteiger partial charge in [0.15, 0.2) is 0 Å². The number of rotatable bonds is 5. The third kappa shape index (κ3) is 3.26. The first-order chi connectivity index (χ1) is 9.86. The second kappa shape index (κ2) is 6.14. The van der Waals surface area contributed by atoms with Crippen LogP contribution in [0.4, 0.5) is 0 Å². The van der Waals surface area contributed by atoms with E-state index in [0.717, 1.165) is 6.07 Å². The summed E-state index contributed by atoms with van der Waals surface area (Å²) in [4.78, 5) is 12.7. The number of nitrogens with zero attached hydrogens (tertiary/aromatic N) is 2. The number of aryl methyl sites for hydroxylation is 1. The van der Waals surface area contributed by atoms with Gasteiger partial charge in [-0.2, -0.15) is 4.31 Å². The van der Waals surface area contributed by atoms with E-state index >= 15 is 0 Å². The Labute approximate surface area is 122 Å². The molecule has 2 heterocycles. The normalized spacial score (nSPS) is 18.0. The molecule has 0 atom stereocenters. The Morgan fingerprint density at radius 2 is 1.95 bits per heavy atom. The number of aliphatic hydroxyl groups excluding tert-OH is 1. The molecule has 1 aromatic heterocycles. The number of aromatic carboxylic acids is 1. The van der Waals surface area contributed by atoms with Gasteiger partial charge < -0.3 is 14.6 Å². The molecule has 0 spiro atoms. The van der Waals surface area contributed by atoms with Crippen molar-refractivity contribution in [3.05, 3.63) is 17.6 Å². The van der Waals surface area contributed by atoms with Gasteiger partial charge in [0, 0.05) is 38.8 Å². The second-order valence-corrected chi connectivity index (χ2v) is 6.71. The minimum atomic E-state index is -3.76. The van der Waals surface area contributed by atoms with E-state index in [2.05, 4.69) is 0 Å². The number of sulfonamides is 1. The van der Waals surface area contributed by atoms with E-state index < -0.39 is 16.0 Å². The highest BCUT2D eigenvalue weighted by molar-refractivity contribution is 7.89. The summed E-state index contributed by atoms with van der Waals surface area (Å²) in [7, 11) is -3.76. The van der Waals surface area contributed by atoms with Crippen molar-refractivity contribution in [3.63, 3.8) is 0 Å². The number of aliphatic hydroxyl groups is 1. The monoisotopic (exact) mass is 318 g/mol. The van der Waals surface area contributed by atoms with Crippen LogP contribution in [0.3, 0.4) is 0 Å². The maximum Gasteiger partial charge on any atom is 0.371 e. The van der Waals surface area contributed by atoms with Crippen molar-refractivity contribution >= 4 is 16.0 Å². The Morgan fingerprint density at radius 3 is 2.43 bits per heavy atom. The molecule has 9 heteroatoms. The molecular formula is C12H18N2O6S. The molecule has 0 bridgehead atoms.